The van der Waals surface area contributed by atoms with Gasteiger partial charge in [-0.05, 0) is 19.8 Å². The first-order valence-corrected chi connectivity index (χ1v) is 6.02. The van der Waals surface area contributed by atoms with Crippen molar-refractivity contribution < 1.29 is 8.42 Å². The zero-order chi connectivity index (χ0) is 10.5. The summed E-state index contributed by atoms with van der Waals surface area (Å²) in [5, 5.41) is 7.70. The molecule has 0 heterocycles. The van der Waals surface area contributed by atoms with Gasteiger partial charge in [0.2, 0.25) is 0 Å². The molecule has 0 bridgehead atoms. The Balaban J connectivity index is 4.33. The lowest BCUT2D eigenvalue weighted by Gasteiger charge is -2.09. The summed E-state index contributed by atoms with van der Waals surface area (Å²) < 4.78 is 22.8. The van der Waals surface area contributed by atoms with E-state index in [1.165, 1.54) is 0 Å². The molecule has 0 aromatic carbocycles. The molecule has 0 saturated carbocycles. The molecule has 0 aliphatic carbocycles. The average Bonchev–Trinajstić information content (AvgIpc) is 2.03. The molecular weight excluding hydrogens is 188 g/mol. The molecule has 0 fully saturated rings. The molecule has 0 aliphatic heterocycles. The van der Waals surface area contributed by atoms with Gasteiger partial charge in [0.25, 0.3) is 0 Å². The first-order valence-electron chi connectivity index (χ1n) is 4.30. The van der Waals surface area contributed by atoms with Crippen molar-refractivity contribution in [2.75, 3.05) is 5.75 Å². The molecule has 0 spiro atoms. The number of sulfone groups is 1. The first kappa shape index (κ1) is 12.4. The molecule has 0 aromatic heterocycles. The van der Waals surface area contributed by atoms with Crippen LogP contribution < -0.4 is 5.73 Å². The summed E-state index contributed by atoms with van der Waals surface area (Å²) in [6, 6.07) is 1.65. The molecule has 4 nitrogen and oxygen atoms in total. The van der Waals surface area contributed by atoms with E-state index < -0.39 is 15.1 Å². The smallest absolute Gasteiger partial charge is 0.166 e. The maximum absolute atomic E-state index is 11.4. The minimum Gasteiger partial charge on any atom is -0.328 e. The van der Waals surface area contributed by atoms with E-state index in [2.05, 4.69) is 0 Å². The monoisotopic (exact) mass is 204 g/mol. The van der Waals surface area contributed by atoms with Gasteiger partial charge in [0, 0.05) is 6.04 Å². The summed E-state index contributed by atoms with van der Waals surface area (Å²) >= 11 is 0. The van der Waals surface area contributed by atoms with Crippen molar-refractivity contribution in [3.63, 3.8) is 0 Å². The van der Waals surface area contributed by atoms with Gasteiger partial charge in [-0.25, -0.2) is 8.42 Å². The second-order valence-corrected chi connectivity index (χ2v) is 5.46. The normalized spacial score (nSPS) is 16.2. The van der Waals surface area contributed by atoms with Crippen LogP contribution in [0, 0.1) is 11.3 Å². The fourth-order valence-corrected chi connectivity index (χ4v) is 2.57. The molecule has 0 rings (SSSR count). The Morgan fingerprint density at radius 1 is 1.54 bits per heavy atom. The fraction of sp³-hybridized carbons (Fsp3) is 0.875. The van der Waals surface area contributed by atoms with Crippen molar-refractivity contribution in [1.29, 1.82) is 5.26 Å². The van der Waals surface area contributed by atoms with Crippen molar-refractivity contribution >= 4 is 9.84 Å². The van der Waals surface area contributed by atoms with Gasteiger partial charge < -0.3 is 5.73 Å². The number of hydrogen-bond donors (Lipinski definition) is 1. The van der Waals surface area contributed by atoms with E-state index in [1.54, 1.807) is 19.9 Å². The maximum atomic E-state index is 11.4. The van der Waals surface area contributed by atoms with Crippen molar-refractivity contribution in [2.45, 2.75) is 38.0 Å². The second kappa shape index (κ2) is 5.20. The van der Waals surface area contributed by atoms with E-state index in [4.69, 9.17) is 11.0 Å². The molecule has 0 saturated heterocycles. The van der Waals surface area contributed by atoms with Gasteiger partial charge in [-0.3, -0.25) is 0 Å². The zero-order valence-electron chi connectivity index (χ0n) is 8.03. The quantitative estimate of drug-likeness (QED) is 0.704. The van der Waals surface area contributed by atoms with E-state index in [9.17, 15) is 8.42 Å². The third-order valence-corrected chi connectivity index (χ3v) is 3.92. The van der Waals surface area contributed by atoms with Crippen LogP contribution in [0.5, 0.6) is 0 Å². The Hall–Kier alpha value is -0.600. The van der Waals surface area contributed by atoms with Crippen molar-refractivity contribution in [1.82, 2.24) is 0 Å². The first-order chi connectivity index (χ1) is 5.94. The molecule has 2 unspecified atom stereocenters. The Morgan fingerprint density at radius 3 is 2.38 bits per heavy atom. The number of rotatable bonds is 5. The van der Waals surface area contributed by atoms with E-state index in [1.807, 2.05) is 0 Å². The summed E-state index contributed by atoms with van der Waals surface area (Å²) in [5.74, 6) is 0.0106. The van der Waals surface area contributed by atoms with Gasteiger partial charge in [0.15, 0.2) is 9.84 Å². The number of nitrogens with zero attached hydrogens (tertiary/aromatic N) is 1. The summed E-state index contributed by atoms with van der Waals surface area (Å²) in [4.78, 5) is 0. The molecule has 76 valence electrons. The van der Waals surface area contributed by atoms with Gasteiger partial charge in [0.1, 0.15) is 5.25 Å². The highest BCUT2D eigenvalue weighted by molar-refractivity contribution is 7.92. The van der Waals surface area contributed by atoms with Gasteiger partial charge >= 0.3 is 0 Å². The SMILES string of the molecule is CCC(C#N)S(=O)(=O)CCC(C)N. The average molecular weight is 204 g/mol. The summed E-state index contributed by atoms with van der Waals surface area (Å²) in [6.07, 6.45) is 0.762. The lowest BCUT2D eigenvalue weighted by atomic mass is 10.3. The highest BCUT2D eigenvalue weighted by atomic mass is 32.2. The fourth-order valence-electron chi connectivity index (χ4n) is 0.918. The van der Waals surface area contributed by atoms with Crippen molar-refractivity contribution in [3.8, 4) is 6.07 Å². The van der Waals surface area contributed by atoms with Crippen LogP contribution in [0.3, 0.4) is 0 Å². The predicted octanol–water partition coefficient (Wildman–Crippen LogP) is 0.441. The highest BCUT2D eigenvalue weighted by Gasteiger charge is 2.23. The van der Waals surface area contributed by atoms with Crippen LogP contribution in [-0.4, -0.2) is 25.5 Å². The largest absolute Gasteiger partial charge is 0.328 e. The predicted molar refractivity (Wildman–Crippen MR) is 51.7 cm³/mol. The van der Waals surface area contributed by atoms with E-state index in [-0.39, 0.29) is 11.8 Å². The minimum atomic E-state index is -3.26. The van der Waals surface area contributed by atoms with Crippen molar-refractivity contribution in [2.24, 2.45) is 5.73 Å². The maximum Gasteiger partial charge on any atom is 0.166 e. The lowest BCUT2D eigenvalue weighted by Crippen LogP contribution is -2.26. The summed E-state index contributed by atoms with van der Waals surface area (Å²) in [5.41, 5.74) is 5.44. The zero-order valence-corrected chi connectivity index (χ0v) is 8.84. The molecule has 0 radical (unpaired) electrons. The third-order valence-electron chi connectivity index (χ3n) is 1.81. The van der Waals surface area contributed by atoms with Crippen LogP contribution in [0.4, 0.5) is 0 Å². The van der Waals surface area contributed by atoms with Crippen LogP contribution in [0.1, 0.15) is 26.7 Å². The Morgan fingerprint density at radius 2 is 2.08 bits per heavy atom. The number of nitrogens with two attached hydrogens (primary N) is 1. The summed E-state index contributed by atoms with van der Waals surface area (Å²) in [6.45, 7) is 3.44. The van der Waals surface area contributed by atoms with E-state index >= 15 is 0 Å². The molecule has 2 atom stereocenters. The molecule has 0 aromatic rings. The van der Waals surface area contributed by atoms with Crippen LogP contribution >= 0.6 is 0 Å². The Bertz CT molecular complexity index is 277. The van der Waals surface area contributed by atoms with E-state index in [0.717, 1.165) is 0 Å². The number of nitriles is 1. The molecule has 0 amide bonds. The lowest BCUT2D eigenvalue weighted by molar-refractivity contribution is 0.579. The minimum absolute atomic E-state index is 0.0106. The van der Waals surface area contributed by atoms with Crippen LogP contribution in [-0.2, 0) is 9.84 Å². The van der Waals surface area contributed by atoms with Crippen LogP contribution in [0.25, 0.3) is 0 Å². The molecule has 0 aliphatic rings. The molecular formula is C8H16N2O2S. The van der Waals surface area contributed by atoms with Crippen LogP contribution in [0.2, 0.25) is 0 Å². The van der Waals surface area contributed by atoms with Gasteiger partial charge in [-0.1, -0.05) is 6.92 Å². The molecule has 5 heteroatoms. The topological polar surface area (TPSA) is 84.0 Å². The second-order valence-electron chi connectivity index (χ2n) is 3.16. The number of hydrogen-bond acceptors (Lipinski definition) is 4. The molecule has 13 heavy (non-hydrogen) atoms. The van der Waals surface area contributed by atoms with Gasteiger partial charge in [0.05, 0.1) is 11.8 Å². The highest BCUT2D eigenvalue weighted by Crippen LogP contribution is 2.07. The van der Waals surface area contributed by atoms with Crippen molar-refractivity contribution in [3.05, 3.63) is 0 Å². The summed E-state index contributed by atoms with van der Waals surface area (Å²) in [7, 11) is -3.26. The Kier molecular flexibility index (Phi) is 4.96. The third kappa shape index (κ3) is 4.25. The van der Waals surface area contributed by atoms with Gasteiger partial charge in [-0.15, -0.1) is 0 Å². The van der Waals surface area contributed by atoms with E-state index in [0.29, 0.717) is 12.8 Å². The Labute approximate surface area is 79.7 Å². The standard InChI is InChI=1S/C8H16N2O2S/c1-3-8(6-9)13(11,12)5-4-7(2)10/h7-8H,3-5,10H2,1-2H3. The van der Waals surface area contributed by atoms with Gasteiger partial charge in [-0.2, -0.15) is 5.26 Å². The van der Waals surface area contributed by atoms with Crippen LogP contribution in [0.15, 0.2) is 0 Å². The molecule has 2 N–H and O–H groups in total.